The van der Waals surface area contributed by atoms with Crippen molar-refractivity contribution in [1.29, 1.82) is 21.0 Å². The molecule has 12 nitrogen and oxygen atoms in total. The first-order valence-corrected chi connectivity index (χ1v) is 40.7. The highest BCUT2D eigenvalue weighted by atomic mass is 15.1. The summed E-state index contributed by atoms with van der Waals surface area (Å²) in [6.45, 7) is 0. The molecule has 0 aliphatic heterocycles. The van der Waals surface area contributed by atoms with Crippen molar-refractivity contribution in [3.05, 3.63) is 423 Å². The highest BCUT2D eigenvalue weighted by Crippen LogP contribution is 2.44. The van der Waals surface area contributed by atoms with E-state index in [1.165, 1.54) is 0 Å². The zero-order valence-electron chi connectivity index (χ0n) is 66.5. The highest BCUT2D eigenvalue weighted by molar-refractivity contribution is 6.12. The normalized spacial score (nSPS) is 11.2. The van der Waals surface area contributed by atoms with Crippen LogP contribution in [0.15, 0.2) is 400 Å². The molecule has 4 aromatic heterocycles. The van der Waals surface area contributed by atoms with Gasteiger partial charge in [-0.05, 0) is 204 Å². The summed E-state index contributed by atoms with van der Waals surface area (Å²) < 4.78 is 4.58. The van der Waals surface area contributed by atoms with Crippen LogP contribution < -0.4 is 0 Å². The van der Waals surface area contributed by atoms with E-state index in [9.17, 15) is 21.0 Å². The van der Waals surface area contributed by atoms with Gasteiger partial charge in [-0.3, -0.25) is 0 Å². The van der Waals surface area contributed by atoms with Crippen molar-refractivity contribution in [2.24, 2.45) is 0 Å². The number of fused-ring (bicyclic) bond motifs is 6. The molecule has 0 spiro atoms. The fourth-order valence-corrected chi connectivity index (χ4v) is 17.1. The van der Waals surface area contributed by atoms with Crippen LogP contribution in [0.2, 0.25) is 0 Å². The van der Waals surface area contributed by atoms with Gasteiger partial charge in [0.15, 0.2) is 34.9 Å². The van der Waals surface area contributed by atoms with Gasteiger partial charge in [-0.2, -0.15) is 21.0 Å². The Morgan fingerprint density at radius 1 is 0.161 bits per heavy atom. The first kappa shape index (κ1) is 73.9. The van der Waals surface area contributed by atoms with E-state index < -0.39 is 0 Å². The van der Waals surface area contributed by atoms with Crippen molar-refractivity contribution >= 4 is 43.6 Å². The molecule has 21 aromatic rings. The van der Waals surface area contributed by atoms with Gasteiger partial charge in [-0.15, -0.1) is 0 Å². The maximum atomic E-state index is 10.4. The van der Waals surface area contributed by atoms with Crippen LogP contribution in [-0.4, -0.2) is 39.0 Å². The van der Waals surface area contributed by atoms with Crippen molar-refractivity contribution in [1.82, 2.24) is 39.0 Å². The molecule has 0 saturated heterocycles. The Morgan fingerprint density at radius 3 is 0.823 bits per heavy atom. The third-order valence-corrected chi connectivity index (χ3v) is 23.0. The van der Waals surface area contributed by atoms with Crippen molar-refractivity contribution in [3.8, 4) is 193 Å². The van der Waals surface area contributed by atoms with E-state index in [2.05, 4.69) is 294 Å². The summed E-state index contributed by atoms with van der Waals surface area (Å²) in [6, 6.07) is 146. The van der Waals surface area contributed by atoms with Gasteiger partial charge < -0.3 is 9.13 Å². The first-order chi connectivity index (χ1) is 61.2. The molecular formula is C112H66N12. The van der Waals surface area contributed by atoms with E-state index in [4.69, 9.17) is 29.9 Å². The molecule has 12 heteroatoms. The Balaban J connectivity index is 0.676. The Hall–Kier alpha value is -17.7. The summed E-state index contributed by atoms with van der Waals surface area (Å²) in [5.74, 6) is 2.81. The summed E-state index contributed by atoms with van der Waals surface area (Å²) in [7, 11) is 0. The molecule has 0 aliphatic rings. The van der Waals surface area contributed by atoms with Gasteiger partial charge in [-0.25, -0.2) is 29.9 Å². The average molecular weight is 1580 g/mol. The van der Waals surface area contributed by atoms with Crippen LogP contribution in [0.3, 0.4) is 0 Å². The predicted molar refractivity (Wildman–Crippen MR) is 497 cm³/mol. The minimum atomic E-state index is 0.366. The summed E-state index contributed by atoms with van der Waals surface area (Å²) >= 11 is 0. The lowest BCUT2D eigenvalue weighted by molar-refractivity contribution is 1.07. The van der Waals surface area contributed by atoms with Gasteiger partial charge in [0.05, 0.1) is 68.6 Å². The third-order valence-electron chi connectivity index (χ3n) is 23.0. The number of aromatic nitrogens is 8. The molecule has 574 valence electrons. The van der Waals surface area contributed by atoms with Crippen molar-refractivity contribution in [2.75, 3.05) is 0 Å². The number of para-hydroxylation sites is 2. The van der Waals surface area contributed by atoms with Gasteiger partial charge in [0.25, 0.3) is 0 Å². The minimum Gasteiger partial charge on any atom is -0.309 e. The number of hydrogen-bond acceptors (Lipinski definition) is 10. The van der Waals surface area contributed by atoms with Crippen molar-refractivity contribution < 1.29 is 0 Å². The molecule has 0 aliphatic carbocycles. The van der Waals surface area contributed by atoms with E-state index in [1.54, 1.807) is 12.1 Å². The van der Waals surface area contributed by atoms with Crippen LogP contribution in [0.1, 0.15) is 22.3 Å². The van der Waals surface area contributed by atoms with Crippen LogP contribution in [-0.2, 0) is 0 Å². The molecule has 0 fully saturated rings. The van der Waals surface area contributed by atoms with E-state index in [-0.39, 0.29) is 0 Å². The van der Waals surface area contributed by atoms with Crippen LogP contribution >= 0.6 is 0 Å². The summed E-state index contributed by atoms with van der Waals surface area (Å²) in [5, 5.41) is 45.9. The molecule has 21 rings (SSSR count). The number of nitrogens with zero attached hydrogens (tertiary/aromatic N) is 12. The summed E-state index contributed by atoms with van der Waals surface area (Å²) in [6.07, 6.45) is 0. The lowest BCUT2D eigenvalue weighted by atomic mass is 9.92. The topological polar surface area (TPSA) is 182 Å². The summed E-state index contributed by atoms with van der Waals surface area (Å²) in [4.78, 5) is 32.1. The number of rotatable bonds is 16. The highest BCUT2D eigenvalue weighted by Gasteiger charge is 2.24. The summed E-state index contributed by atoms with van der Waals surface area (Å²) in [5.41, 5.74) is 26.9. The third kappa shape index (κ3) is 14.1. The van der Waals surface area contributed by atoms with Crippen LogP contribution in [0, 0.1) is 45.3 Å². The minimum absolute atomic E-state index is 0.366. The Kier molecular flexibility index (Phi) is 18.9. The zero-order valence-corrected chi connectivity index (χ0v) is 66.5. The molecule has 0 bridgehead atoms. The van der Waals surface area contributed by atoms with Crippen LogP contribution in [0.5, 0.6) is 0 Å². The molecule has 0 atom stereocenters. The number of nitriles is 4. The molecule has 0 amide bonds. The fourth-order valence-electron chi connectivity index (χ4n) is 17.1. The molecule has 0 radical (unpaired) electrons. The molecular weight excluding hydrogens is 1510 g/mol. The van der Waals surface area contributed by atoms with Gasteiger partial charge >= 0.3 is 0 Å². The fraction of sp³-hybridized carbons (Fsp3) is 0. The largest absolute Gasteiger partial charge is 0.309 e. The predicted octanol–water partition coefficient (Wildman–Crippen LogP) is 27.1. The Labute approximate surface area is 714 Å². The maximum absolute atomic E-state index is 10.4. The molecule has 17 aromatic carbocycles. The quantitative estimate of drug-likeness (QED) is 0.0902. The monoisotopic (exact) mass is 1580 g/mol. The standard InChI is InChI=1S/C112H66N12/c113-67-71-50-72(68-114)53-89(52-71)91-59-93(111-118-107(80-28-11-4-12-29-80)117-108(120-111)86-33-19-30-81(56-86)75-22-5-1-6-23-75)63-95(61-91)124-104-41-18-16-39-100(104)102-49-47-84(66-106(102)124)78-42-44-79(45-43-78)97-36-13-14-37-98(97)85-32-21-35-88(58-85)110-119-109(87-34-20-31-82(57-87)76-24-7-2-8-25-76)121-112(122-110)94-60-92(90-54-73(69-115)51-74(55-90)70-116)62-96(64-94)123-103-40-17-15-38-99(103)101-48-46-83(65-105(101)123)77-26-9-3-10-27-77/h1-66H. The second-order valence-electron chi connectivity index (χ2n) is 30.7. The molecule has 0 N–H and O–H groups in total. The maximum Gasteiger partial charge on any atom is 0.164 e. The molecule has 4 heterocycles. The van der Waals surface area contributed by atoms with Gasteiger partial charge in [-0.1, -0.05) is 285 Å². The van der Waals surface area contributed by atoms with Gasteiger partial charge in [0, 0.05) is 66.3 Å². The molecule has 0 unspecified atom stereocenters. The lowest BCUT2D eigenvalue weighted by Gasteiger charge is -2.16. The van der Waals surface area contributed by atoms with Crippen molar-refractivity contribution in [2.45, 2.75) is 0 Å². The van der Waals surface area contributed by atoms with E-state index in [0.29, 0.717) is 79.5 Å². The number of benzene rings is 17. The van der Waals surface area contributed by atoms with E-state index >= 15 is 0 Å². The first-order valence-electron chi connectivity index (χ1n) is 40.7. The smallest absolute Gasteiger partial charge is 0.164 e. The second kappa shape index (κ2) is 31.6. The van der Waals surface area contributed by atoms with Crippen molar-refractivity contribution in [3.63, 3.8) is 0 Å². The molecule has 0 saturated carbocycles. The van der Waals surface area contributed by atoms with Gasteiger partial charge in [0.2, 0.25) is 0 Å². The van der Waals surface area contributed by atoms with E-state index in [0.717, 1.165) is 155 Å². The Bertz CT molecular complexity index is 7960. The van der Waals surface area contributed by atoms with Gasteiger partial charge in [0.1, 0.15) is 0 Å². The number of hydrogen-bond donors (Lipinski definition) is 0. The zero-order chi connectivity index (χ0) is 83.1. The second-order valence-corrected chi connectivity index (χ2v) is 30.7. The average Bonchev–Trinajstić information content (AvgIpc) is 1.58. The molecule has 124 heavy (non-hydrogen) atoms. The lowest BCUT2D eigenvalue weighted by Crippen LogP contribution is -2.02. The van der Waals surface area contributed by atoms with Crippen LogP contribution in [0.25, 0.3) is 212 Å². The van der Waals surface area contributed by atoms with E-state index in [1.807, 2.05) is 127 Å². The Morgan fingerprint density at radius 2 is 0.419 bits per heavy atom. The van der Waals surface area contributed by atoms with Crippen LogP contribution in [0.4, 0.5) is 0 Å². The SMILES string of the molecule is N#Cc1cc(C#N)cc(-c2cc(-c3nc(-c4ccccc4)nc(-c4cccc(-c5ccccc5)c4)n3)cc(-n3c4ccccc4c4ccc(-c5ccc(-c6ccccc6-c6cccc(-c7nc(-c8cccc(-c9ccccc9)c8)nc(-c8cc(-c9cc(C#N)cc(C#N)c9)cc(-n9c%10ccccc%10c%10ccc(-c%11ccccc%11)cc%109)c8)n7)c6)cc5)cc43)c2)c1.